The molecule has 18 heavy (non-hydrogen) atoms. The lowest BCUT2D eigenvalue weighted by Gasteiger charge is -2.36. The molecule has 1 aromatic carbocycles. The maximum Gasteiger partial charge on any atom is 0.0713 e. The largest absolute Gasteiger partial charge is 0.382 e. The van der Waals surface area contributed by atoms with Gasteiger partial charge >= 0.3 is 0 Å². The first kappa shape index (κ1) is 13.4. The number of anilines is 1. The molecule has 3 nitrogen and oxygen atoms in total. The van der Waals surface area contributed by atoms with Gasteiger partial charge in [0.25, 0.3) is 0 Å². The fourth-order valence-electron chi connectivity index (χ4n) is 2.51. The van der Waals surface area contributed by atoms with Crippen LogP contribution >= 0.6 is 0 Å². The molecule has 1 aromatic rings. The van der Waals surface area contributed by atoms with Crippen LogP contribution in [-0.4, -0.2) is 25.4 Å². The highest BCUT2D eigenvalue weighted by molar-refractivity contribution is 5.46. The van der Waals surface area contributed by atoms with Gasteiger partial charge in [0.05, 0.1) is 12.2 Å². The van der Waals surface area contributed by atoms with Crippen molar-refractivity contribution in [2.24, 2.45) is 0 Å². The fraction of sp³-hybridized carbons (Fsp3) is 0.600. The molecule has 0 spiro atoms. The van der Waals surface area contributed by atoms with Gasteiger partial charge in [-0.15, -0.1) is 0 Å². The van der Waals surface area contributed by atoms with Crippen LogP contribution in [0.4, 0.5) is 5.69 Å². The summed E-state index contributed by atoms with van der Waals surface area (Å²) >= 11 is 0. The van der Waals surface area contributed by atoms with Gasteiger partial charge in [0.2, 0.25) is 0 Å². The minimum atomic E-state index is -0.0138. The molecular formula is C15H23NO2. The SMILES string of the molecule is COCc1cccc(NC2CCOC(C)(C)C2)c1. The van der Waals surface area contributed by atoms with Crippen molar-refractivity contribution in [1.82, 2.24) is 0 Å². The Labute approximate surface area is 109 Å². The summed E-state index contributed by atoms with van der Waals surface area (Å²) < 4.78 is 10.9. The molecule has 1 aliphatic heterocycles. The number of benzene rings is 1. The van der Waals surface area contributed by atoms with E-state index in [0.29, 0.717) is 12.6 Å². The normalized spacial score (nSPS) is 22.7. The van der Waals surface area contributed by atoms with E-state index in [0.717, 1.165) is 19.4 Å². The fourth-order valence-corrected chi connectivity index (χ4v) is 2.51. The minimum absolute atomic E-state index is 0.0138. The lowest BCUT2D eigenvalue weighted by atomic mass is 9.94. The summed E-state index contributed by atoms with van der Waals surface area (Å²) in [6, 6.07) is 8.92. The van der Waals surface area contributed by atoms with E-state index < -0.39 is 0 Å². The lowest BCUT2D eigenvalue weighted by molar-refractivity contribution is -0.0553. The van der Waals surface area contributed by atoms with Crippen LogP contribution in [-0.2, 0) is 16.1 Å². The third-order valence-electron chi connectivity index (χ3n) is 3.31. The number of nitrogens with one attached hydrogen (secondary N) is 1. The third-order valence-corrected chi connectivity index (χ3v) is 3.31. The Hall–Kier alpha value is -1.06. The van der Waals surface area contributed by atoms with Crippen LogP contribution in [0.3, 0.4) is 0 Å². The second-order valence-electron chi connectivity index (χ2n) is 5.58. The average Bonchev–Trinajstić information content (AvgIpc) is 2.28. The molecule has 0 aliphatic carbocycles. The van der Waals surface area contributed by atoms with Gasteiger partial charge in [-0.1, -0.05) is 12.1 Å². The third kappa shape index (κ3) is 3.72. The second-order valence-corrected chi connectivity index (χ2v) is 5.58. The van der Waals surface area contributed by atoms with Crippen molar-refractivity contribution < 1.29 is 9.47 Å². The minimum Gasteiger partial charge on any atom is -0.382 e. The predicted octanol–water partition coefficient (Wildman–Crippen LogP) is 3.20. The van der Waals surface area contributed by atoms with Gasteiger partial charge in [0.15, 0.2) is 0 Å². The summed E-state index contributed by atoms with van der Waals surface area (Å²) in [7, 11) is 1.72. The van der Waals surface area contributed by atoms with Gasteiger partial charge in [0, 0.05) is 25.4 Å². The van der Waals surface area contributed by atoms with Crippen LogP contribution in [0.5, 0.6) is 0 Å². The molecule has 1 fully saturated rings. The first-order valence-corrected chi connectivity index (χ1v) is 6.57. The van der Waals surface area contributed by atoms with E-state index in [1.54, 1.807) is 7.11 Å². The number of hydrogen-bond donors (Lipinski definition) is 1. The lowest BCUT2D eigenvalue weighted by Crippen LogP contribution is -2.40. The van der Waals surface area contributed by atoms with Gasteiger partial charge in [0.1, 0.15) is 0 Å². The topological polar surface area (TPSA) is 30.5 Å². The van der Waals surface area contributed by atoms with Crippen molar-refractivity contribution in [2.75, 3.05) is 19.0 Å². The van der Waals surface area contributed by atoms with Gasteiger partial charge < -0.3 is 14.8 Å². The molecular weight excluding hydrogens is 226 g/mol. The van der Waals surface area contributed by atoms with E-state index in [-0.39, 0.29) is 5.60 Å². The summed E-state index contributed by atoms with van der Waals surface area (Å²) in [6.45, 7) is 5.81. The highest BCUT2D eigenvalue weighted by Gasteiger charge is 2.28. The molecule has 1 N–H and O–H groups in total. The molecule has 1 atom stereocenters. The Bertz CT molecular complexity index is 390. The number of hydrogen-bond acceptors (Lipinski definition) is 3. The highest BCUT2D eigenvalue weighted by atomic mass is 16.5. The van der Waals surface area contributed by atoms with E-state index in [9.17, 15) is 0 Å². The van der Waals surface area contributed by atoms with Crippen LogP contribution in [0, 0.1) is 0 Å². The van der Waals surface area contributed by atoms with E-state index >= 15 is 0 Å². The first-order chi connectivity index (χ1) is 8.59. The molecule has 0 saturated carbocycles. The molecule has 0 radical (unpaired) electrons. The van der Waals surface area contributed by atoms with Crippen LogP contribution < -0.4 is 5.32 Å². The van der Waals surface area contributed by atoms with E-state index in [1.165, 1.54) is 11.3 Å². The zero-order valence-corrected chi connectivity index (χ0v) is 11.5. The summed E-state index contributed by atoms with van der Waals surface area (Å²) in [4.78, 5) is 0. The van der Waals surface area contributed by atoms with Crippen molar-refractivity contribution in [3.8, 4) is 0 Å². The van der Waals surface area contributed by atoms with Crippen molar-refractivity contribution in [2.45, 2.75) is 44.9 Å². The molecule has 0 bridgehead atoms. The molecule has 100 valence electrons. The zero-order chi connectivity index (χ0) is 13.0. The molecule has 1 saturated heterocycles. The Balaban J connectivity index is 1.98. The van der Waals surface area contributed by atoms with Gasteiger partial charge in [-0.05, 0) is 44.4 Å². The maximum atomic E-state index is 5.74. The number of rotatable bonds is 4. The molecule has 1 aliphatic rings. The predicted molar refractivity (Wildman–Crippen MR) is 73.8 cm³/mol. The van der Waals surface area contributed by atoms with Gasteiger partial charge in [-0.2, -0.15) is 0 Å². The Morgan fingerprint density at radius 1 is 1.44 bits per heavy atom. The van der Waals surface area contributed by atoms with Crippen molar-refractivity contribution >= 4 is 5.69 Å². The zero-order valence-electron chi connectivity index (χ0n) is 11.5. The van der Waals surface area contributed by atoms with Crippen molar-refractivity contribution in [3.05, 3.63) is 29.8 Å². The van der Waals surface area contributed by atoms with Crippen LogP contribution in [0.1, 0.15) is 32.3 Å². The van der Waals surface area contributed by atoms with Crippen molar-refractivity contribution in [1.29, 1.82) is 0 Å². The maximum absolute atomic E-state index is 5.74. The Morgan fingerprint density at radius 2 is 2.28 bits per heavy atom. The number of ether oxygens (including phenoxy) is 2. The van der Waals surface area contributed by atoms with Crippen molar-refractivity contribution in [3.63, 3.8) is 0 Å². The van der Waals surface area contributed by atoms with Gasteiger partial charge in [-0.25, -0.2) is 0 Å². The summed E-state index contributed by atoms with van der Waals surface area (Å²) in [5.41, 5.74) is 2.36. The quantitative estimate of drug-likeness (QED) is 0.889. The first-order valence-electron chi connectivity index (χ1n) is 6.57. The summed E-state index contributed by atoms with van der Waals surface area (Å²) in [5, 5.41) is 3.60. The van der Waals surface area contributed by atoms with E-state index in [2.05, 4.69) is 43.4 Å². The monoisotopic (exact) mass is 249 g/mol. The standard InChI is InChI=1S/C15H23NO2/c1-15(2)10-14(7-8-18-15)16-13-6-4-5-12(9-13)11-17-3/h4-6,9,14,16H,7-8,10-11H2,1-3H3. The smallest absolute Gasteiger partial charge is 0.0713 e. The summed E-state index contributed by atoms with van der Waals surface area (Å²) in [6.07, 6.45) is 2.11. The molecule has 1 unspecified atom stereocenters. The van der Waals surface area contributed by atoms with Gasteiger partial charge in [-0.3, -0.25) is 0 Å². The molecule has 3 heteroatoms. The Morgan fingerprint density at radius 3 is 3.00 bits per heavy atom. The van der Waals surface area contributed by atoms with Crippen LogP contribution in [0.2, 0.25) is 0 Å². The summed E-state index contributed by atoms with van der Waals surface area (Å²) in [5.74, 6) is 0. The molecule has 2 rings (SSSR count). The van der Waals surface area contributed by atoms with Crippen LogP contribution in [0.15, 0.2) is 24.3 Å². The van der Waals surface area contributed by atoms with E-state index in [1.807, 2.05) is 0 Å². The average molecular weight is 249 g/mol. The molecule has 0 amide bonds. The Kier molecular flexibility index (Phi) is 4.25. The highest BCUT2D eigenvalue weighted by Crippen LogP contribution is 2.26. The van der Waals surface area contributed by atoms with E-state index in [4.69, 9.17) is 9.47 Å². The molecule has 0 aromatic heterocycles. The second kappa shape index (κ2) is 5.72. The van der Waals surface area contributed by atoms with Crippen LogP contribution in [0.25, 0.3) is 0 Å². The molecule has 1 heterocycles. The number of methoxy groups -OCH3 is 1.